The molecule has 2 atom stereocenters. The highest BCUT2D eigenvalue weighted by Gasteiger charge is 2.33. The van der Waals surface area contributed by atoms with Gasteiger partial charge < -0.3 is 38.3 Å². The van der Waals surface area contributed by atoms with Crippen molar-refractivity contribution in [3.8, 4) is 0 Å². The van der Waals surface area contributed by atoms with Gasteiger partial charge in [-0.3, -0.25) is 19.2 Å². The quantitative estimate of drug-likeness (QED) is 0.130. The van der Waals surface area contributed by atoms with Crippen LogP contribution in [0.4, 0.5) is 0 Å². The van der Waals surface area contributed by atoms with Gasteiger partial charge in [0.1, 0.15) is 6.54 Å². The van der Waals surface area contributed by atoms with Crippen LogP contribution < -0.4 is 0 Å². The molecule has 2 unspecified atom stereocenters. The van der Waals surface area contributed by atoms with Crippen LogP contribution in [0, 0.1) is 23.7 Å². The maximum Gasteiger partial charge on any atom is 0.323 e. The van der Waals surface area contributed by atoms with E-state index in [1.807, 2.05) is 38.1 Å². The summed E-state index contributed by atoms with van der Waals surface area (Å²) in [5.41, 5.74) is 9.19. The molecular weight excluding hydrogens is 785 g/mol. The number of carboxylic acid groups (broad SMARTS) is 1. The number of aromatic nitrogens is 2. The van der Waals surface area contributed by atoms with Crippen LogP contribution in [0.5, 0.6) is 0 Å². The van der Waals surface area contributed by atoms with Gasteiger partial charge in [-0.1, -0.05) is 0 Å². The number of carboxylic acids is 1. The third-order valence-corrected chi connectivity index (χ3v) is 14.5. The van der Waals surface area contributed by atoms with Gasteiger partial charge in [-0.25, -0.2) is 0 Å². The number of Topliss-reactive ketones (excluding diaryl/α,β-unsaturated/α-hetero) is 1. The van der Waals surface area contributed by atoms with Gasteiger partial charge in [-0.05, 0) is 156 Å². The summed E-state index contributed by atoms with van der Waals surface area (Å²) in [6.07, 6.45) is 12.5. The first-order valence-electron chi connectivity index (χ1n) is 23.2. The molecule has 0 spiro atoms. The van der Waals surface area contributed by atoms with E-state index in [9.17, 15) is 19.2 Å². The topological polar surface area (TPSA) is 133 Å². The number of ether oxygens (including phenoxy) is 3. The number of fused-ring (bicyclic) bond motifs is 6. The van der Waals surface area contributed by atoms with Crippen LogP contribution in [0.2, 0.25) is 0 Å². The minimum absolute atomic E-state index is 0.0612. The number of benzene rings is 2. The molecule has 336 valence electrons. The zero-order valence-corrected chi connectivity index (χ0v) is 37.7. The molecule has 0 saturated carbocycles. The zero-order valence-electron chi connectivity index (χ0n) is 37.7. The first kappa shape index (κ1) is 45.5. The molecule has 0 bridgehead atoms. The van der Waals surface area contributed by atoms with E-state index < -0.39 is 5.97 Å². The highest BCUT2D eigenvalue weighted by atomic mass is 16.5. The van der Waals surface area contributed by atoms with Gasteiger partial charge in [-0.2, -0.15) is 0 Å². The van der Waals surface area contributed by atoms with Crippen LogP contribution >= 0.6 is 0 Å². The fourth-order valence-electron chi connectivity index (χ4n) is 10.9. The van der Waals surface area contributed by atoms with E-state index in [1.54, 1.807) is 12.0 Å². The maximum atomic E-state index is 13.3. The second-order valence-electron chi connectivity index (χ2n) is 18.0. The van der Waals surface area contributed by atoms with Crippen molar-refractivity contribution in [2.75, 3.05) is 66.3 Å². The Morgan fingerprint density at radius 2 is 1.13 bits per heavy atom. The van der Waals surface area contributed by atoms with Crippen LogP contribution in [0.3, 0.4) is 0 Å². The van der Waals surface area contributed by atoms with Crippen LogP contribution in [-0.4, -0.2) is 114 Å². The van der Waals surface area contributed by atoms with E-state index in [1.165, 1.54) is 64.0 Å². The number of amides is 2. The Kier molecular flexibility index (Phi) is 15.2. The summed E-state index contributed by atoms with van der Waals surface area (Å²) in [6.45, 7) is 8.62. The Morgan fingerprint density at radius 1 is 0.677 bits per heavy atom. The SMILES string of the molecule is CCN(CC(=O)CCCOC)C(=O)c1ccc2c(c1)c1c(n2C)CCC(C2CCOCC2)C1.CCN(CC(=O)O)C(=O)c1ccc2c(c1)c1c(n2C)CCC(C2CCOCC2)C1. The van der Waals surface area contributed by atoms with E-state index >= 15 is 0 Å². The molecule has 2 fully saturated rings. The molecule has 12 nitrogen and oxygen atoms in total. The molecule has 2 aliphatic heterocycles. The number of carbonyl (C=O) groups excluding carboxylic acids is 3. The molecule has 4 heterocycles. The lowest BCUT2D eigenvalue weighted by atomic mass is 9.75. The maximum absolute atomic E-state index is 13.3. The van der Waals surface area contributed by atoms with Gasteiger partial charge in [-0.15, -0.1) is 0 Å². The Labute approximate surface area is 366 Å². The Bertz CT molecular complexity index is 2230. The number of hydrogen-bond donors (Lipinski definition) is 1. The summed E-state index contributed by atoms with van der Waals surface area (Å²) in [6, 6.07) is 11.9. The minimum Gasteiger partial charge on any atom is -0.480 e. The average molecular weight is 853 g/mol. The Hall–Kier alpha value is -4.52. The normalized spacial score (nSPS) is 19.4. The molecule has 2 aromatic heterocycles. The highest BCUT2D eigenvalue weighted by molar-refractivity contribution is 6.01. The van der Waals surface area contributed by atoms with Crippen LogP contribution in [-0.2, 0) is 63.6 Å². The van der Waals surface area contributed by atoms with Gasteiger partial charge in [0.05, 0.1) is 6.54 Å². The first-order chi connectivity index (χ1) is 30.0. The minimum atomic E-state index is -0.988. The molecular formula is C50H68N4O8. The summed E-state index contributed by atoms with van der Waals surface area (Å²) in [5.74, 6) is 1.66. The van der Waals surface area contributed by atoms with Crippen LogP contribution in [0.15, 0.2) is 36.4 Å². The van der Waals surface area contributed by atoms with Gasteiger partial charge in [0.15, 0.2) is 5.78 Å². The van der Waals surface area contributed by atoms with Crippen LogP contribution in [0.1, 0.15) is 108 Å². The summed E-state index contributed by atoms with van der Waals surface area (Å²) in [7, 11) is 5.89. The molecule has 2 amide bonds. The third-order valence-electron chi connectivity index (χ3n) is 14.5. The van der Waals surface area contributed by atoms with E-state index in [-0.39, 0.29) is 30.7 Å². The smallest absolute Gasteiger partial charge is 0.323 e. The lowest BCUT2D eigenvalue weighted by Crippen LogP contribution is -2.35. The van der Waals surface area contributed by atoms with Crippen molar-refractivity contribution in [1.82, 2.24) is 18.9 Å². The highest BCUT2D eigenvalue weighted by Crippen LogP contribution is 2.41. The average Bonchev–Trinajstić information content (AvgIpc) is 3.75. The van der Waals surface area contributed by atoms with Gasteiger partial charge in [0.25, 0.3) is 11.8 Å². The Balaban J connectivity index is 0.000000188. The molecule has 8 rings (SSSR count). The largest absolute Gasteiger partial charge is 0.480 e. The predicted molar refractivity (Wildman–Crippen MR) is 241 cm³/mol. The molecule has 2 saturated heterocycles. The number of aryl methyl sites for hydroxylation is 2. The number of ketones is 1. The number of carbonyl (C=O) groups is 4. The first-order valence-corrected chi connectivity index (χ1v) is 23.2. The number of nitrogens with zero attached hydrogens (tertiary/aromatic N) is 4. The standard InChI is InChI=1S/C27H38N2O4.C23H30N2O4/c1-4-29(18-22(30)6-5-13-32-3)27(31)21-8-10-26-24(17-21)23-16-20(7-9-25(23)28(26)2)19-11-14-33-15-12-19;1-3-25(14-22(26)27)23(28)17-5-7-21-19(13-17)18-12-16(4-6-20(18)24(21)2)15-8-10-29-11-9-15/h8,10,17,19-20H,4-7,9,11-16,18H2,1-3H3;5,7,13,15-16H,3-4,6,8-12,14H2,1-2H3,(H,26,27). The van der Waals surface area contributed by atoms with Crippen molar-refractivity contribution < 1.29 is 38.5 Å². The monoisotopic (exact) mass is 853 g/mol. The lowest BCUT2D eigenvalue weighted by molar-refractivity contribution is -0.137. The van der Waals surface area contributed by atoms with E-state index in [0.717, 1.165) is 87.7 Å². The van der Waals surface area contributed by atoms with E-state index in [4.69, 9.17) is 19.3 Å². The molecule has 1 N–H and O–H groups in total. The van der Waals surface area contributed by atoms with E-state index in [2.05, 4.69) is 35.4 Å². The molecule has 2 aliphatic carbocycles. The second-order valence-corrected chi connectivity index (χ2v) is 18.0. The third kappa shape index (κ3) is 9.98. The van der Waals surface area contributed by atoms with Gasteiger partial charge in [0, 0.05) is 118 Å². The zero-order chi connectivity index (χ0) is 43.9. The number of aliphatic carboxylic acids is 1. The fraction of sp³-hybridized carbons (Fsp3) is 0.600. The van der Waals surface area contributed by atoms with Crippen molar-refractivity contribution in [2.24, 2.45) is 37.8 Å². The number of likely N-dealkylation sites (N-methyl/N-ethyl adjacent to an activating group) is 2. The molecule has 4 aliphatic rings. The van der Waals surface area contributed by atoms with Gasteiger partial charge in [0.2, 0.25) is 0 Å². The predicted octanol–water partition coefficient (Wildman–Crippen LogP) is 7.42. The fourth-order valence-corrected chi connectivity index (χ4v) is 10.9. The second kappa shape index (κ2) is 20.8. The van der Waals surface area contributed by atoms with Gasteiger partial charge >= 0.3 is 5.97 Å². The summed E-state index contributed by atoms with van der Waals surface area (Å²) >= 11 is 0. The number of hydrogen-bond acceptors (Lipinski definition) is 7. The van der Waals surface area contributed by atoms with Crippen LogP contribution in [0.25, 0.3) is 21.8 Å². The van der Waals surface area contributed by atoms with E-state index in [0.29, 0.717) is 55.5 Å². The van der Waals surface area contributed by atoms with Crippen molar-refractivity contribution in [2.45, 2.75) is 90.9 Å². The van der Waals surface area contributed by atoms with Crippen molar-refractivity contribution in [3.05, 3.63) is 70.0 Å². The summed E-state index contributed by atoms with van der Waals surface area (Å²) in [5, 5.41) is 11.4. The Morgan fingerprint density at radius 3 is 1.55 bits per heavy atom. The molecule has 4 aromatic rings. The lowest BCUT2D eigenvalue weighted by Gasteiger charge is -2.33. The summed E-state index contributed by atoms with van der Waals surface area (Å²) in [4.78, 5) is 52.7. The summed E-state index contributed by atoms with van der Waals surface area (Å²) < 4.78 is 20.8. The molecule has 62 heavy (non-hydrogen) atoms. The molecule has 0 radical (unpaired) electrons. The van der Waals surface area contributed by atoms with Crippen molar-refractivity contribution >= 4 is 45.4 Å². The van der Waals surface area contributed by atoms with Crippen molar-refractivity contribution in [3.63, 3.8) is 0 Å². The van der Waals surface area contributed by atoms with Crippen molar-refractivity contribution in [1.29, 1.82) is 0 Å². The molecule has 12 heteroatoms. The molecule has 2 aromatic carbocycles. The number of methoxy groups -OCH3 is 1. The number of rotatable bonds is 14.